The molecule has 0 saturated carbocycles. The molecule has 3 nitrogen and oxygen atoms in total. The molecule has 0 fully saturated rings. The van der Waals surface area contributed by atoms with Crippen molar-refractivity contribution in [2.24, 2.45) is 0 Å². The van der Waals surface area contributed by atoms with Crippen molar-refractivity contribution >= 4 is 29.3 Å². The van der Waals surface area contributed by atoms with Gasteiger partial charge in [0, 0.05) is 9.92 Å². The second kappa shape index (κ2) is 7.72. The molecule has 21 heavy (non-hydrogen) atoms. The van der Waals surface area contributed by atoms with Crippen LogP contribution in [0.2, 0.25) is 5.02 Å². The third-order valence-electron chi connectivity index (χ3n) is 2.65. The predicted molar refractivity (Wildman–Crippen MR) is 83.1 cm³/mol. The summed E-state index contributed by atoms with van der Waals surface area (Å²) in [6.45, 7) is 0.214. The molecular weight excluding hydrogens is 306 g/mol. The molecule has 5 heteroatoms. The summed E-state index contributed by atoms with van der Waals surface area (Å²) in [7, 11) is 0. The fourth-order valence-electron chi connectivity index (χ4n) is 1.55. The molecule has 0 spiro atoms. The first-order valence-corrected chi connectivity index (χ1v) is 7.57. The van der Waals surface area contributed by atoms with Gasteiger partial charge in [-0.25, -0.2) is 0 Å². The summed E-state index contributed by atoms with van der Waals surface area (Å²) < 4.78 is 5.18. The number of rotatable bonds is 5. The van der Waals surface area contributed by atoms with E-state index in [1.165, 1.54) is 11.8 Å². The van der Waals surface area contributed by atoms with Crippen LogP contribution in [0, 0.1) is 11.3 Å². The number of carbonyl (C=O) groups excluding carboxylic acids is 1. The largest absolute Gasteiger partial charge is 0.460 e. The quantitative estimate of drug-likeness (QED) is 0.616. The third-order valence-corrected chi connectivity index (χ3v) is 3.89. The van der Waals surface area contributed by atoms with Gasteiger partial charge >= 0.3 is 5.97 Å². The number of thioether (sulfide) groups is 1. The molecule has 2 aromatic rings. The van der Waals surface area contributed by atoms with E-state index in [1.54, 1.807) is 36.4 Å². The monoisotopic (exact) mass is 317 g/mol. The van der Waals surface area contributed by atoms with E-state index in [2.05, 4.69) is 0 Å². The maximum atomic E-state index is 11.7. The van der Waals surface area contributed by atoms with E-state index in [0.717, 1.165) is 10.5 Å². The highest BCUT2D eigenvalue weighted by Crippen LogP contribution is 2.20. The highest BCUT2D eigenvalue weighted by atomic mass is 35.5. The molecule has 0 aliphatic heterocycles. The van der Waals surface area contributed by atoms with Crippen LogP contribution in [0.1, 0.15) is 11.1 Å². The van der Waals surface area contributed by atoms with Crippen LogP contribution in [0.3, 0.4) is 0 Å². The SMILES string of the molecule is N#Cc1ccc(COC(=O)CSc2ccc(Cl)cc2)cc1. The molecule has 0 unspecified atom stereocenters. The maximum absolute atomic E-state index is 11.7. The zero-order chi connectivity index (χ0) is 15.1. The van der Waals surface area contributed by atoms with Gasteiger partial charge in [0.05, 0.1) is 17.4 Å². The lowest BCUT2D eigenvalue weighted by Gasteiger charge is -2.05. The van der Waals surface area contributed by atoms with E-state index in [-0.39, 0.29) is 18.3 Å². The molecular formula is C16H12ClNO2S. The summed E-state index contributed by atoms with van der Waals surface area (Å²) in [6.07, 6.45) is 0. The normalized spacial score (nSPS) is 9.90. The van der Waals surface area contributed by atoms with Crippen molar-refractivity contribution in [3.8, 4) is 6.07 Å². The lowest BCUT2D eigenvalue weighted by atomic mass is 10.2. The molecule has 0 aliphatic carbocycles. The third kappa shape index (κ3) is 5.14. The number of nitriles is 1. The fourth-order valence-corrected chi connectivity index (χ4v) is 2.38. The Morgan fingerprint density at radius 1 is 1.14 bits per heavy atom. The number of ether oxygens (including phenoxy) is 1. The number of benzene rings is 2. The van der Waals surface area contributed by atoms with Gasteiger partial charge < -0.3 is 4.74 Å². The zero-order valence-corrected chi connectivity index (χ0v) is 12.7. The summed E-state index contributed by atoms with van der Waals surface area (Å²) in [5.41, 5.74) is 1.45. The molecule has 2 rings (SSSR count). The molecule has 0 radical (unpaired) electrons. The summed E-state index contributed by atoms with van der Waals surface area (Å²) in [6, 6.07) is 16.3. The molecule has 0 bridgehead atoms. The summed E-state index contributed by atoms with van der Waals surface area (Å²) >= 11 is 7.19. The number of nitrogens with zero attached hydrogens (tertiary/aromatic N) is 1. The van der Waals surface area contributed by atoms with Crippen molar-refractivity contribution in [3.63, 3.8) is 0 Å². The Morgan fingerprint density at radius 2 is 1.81 bits per heavy atom. The molecule has 0 atom stereocenters. The van der Waals surface area contributed by atoms with Crippen molar-refractivity contribution in [2.75, 3.05) is 5.75 Å². The minimum Gasteiger partial charge on any atom is -0.460 e. The smallest absolute Gasteiger partial charge is 0.316 e. The number of hydrogen-bond donors (Lipinski definition) is 0. The van der Waals surface area contributed by atoms with E-state index >= 15 is 0 Å². The van der Waals surface area contributed by atoms with Gasteiger partial charge in [0.2, 0.25) is 0 Å². The Hall–Kier alpha value is -1.96. The number of esters is 1. The highest BCUT2D eigenvalue weighted by molar-refractivity contribution is 8.00. The van der Waals surface area contributed by atoms with Crippen molar-refractivity contribution in [1.82, 2.24) is 0 Å². The molecule has 0 heterocycles. The second-order valence-electron chi connectivity index (χ2n) is 4.21. The Bertz CT molecular complexity index is 647. The topological polar surface area (TPSA) is 50.1 Å². The maximum Gasteiger partial charge on any atom is 0.316 e. The van der Waals surface area contributed by atoms with Gasteiger partial charge in [-0.1, -0.05) is 23.7 Å². The zero-order valence-electron chi connectivity index (χ0n) is 11.1. The van der Waals surface area contributed by atoms with E-state index in [0.29, 0.717) is 10.6 Å². The Balaban J connectivity index is 1.76. The Morgan fingerprint density at radius 3 is 2.43 bits per heavy atom. The minimum absolute atomic E-state index is 0.214. The van der Waals surface area contributed by atoms with Crippen LogP contribution in [0.25, 0.3) is 0 Å². The minimum atomic E-state index is -0.278. The summed E-state index contributed by atoms with van der Waals surface area (Å²) in [4.78, 5) is 12.6. The molecule has 0 N–H and O–H groups in total. The standard InChI is InChI=1S/C16H12ClNO2S/c17-14-5-7-15(8-6-14)21-11-16(19)20-10-13-3-1-12(9-18)2-4-13/h1-8H,10-11H2. The average Bonchev–Trinajstić information content (AvgIpc) is 2.53. The first-order valence-electron chi connectivity index (χ1n) is 6.20. The summed E-state index contributed by atoms with van der Waals surface area (Å²) in [5, 5.41) is 9.36. The van der Waals surface area contributed by atoms with Crippen LogP contribution in [0.15, 0.2) is 53.4 Å². The number of halogens is 1. The molecule has 0 saturated heterocycles. The van der Waals surface area contributed by atoms with Crippen LogP contribution in [0.4, 0.5) is 0 Å². The van der Waals surface area contributed by atoms with Gasteiger partial charge in [0.1, 0.15) is 6.61 Å². The van der Waals surface area contributed by atoms with Gasteiger partial charge in [-0.3, -0.25) is 4.79 Å². The van der Waals surface area contributed by atoms with Crippen molar-refractivity contribution < 1.29 is 9.53 Å². The number of carbonyl (C=O) groups is 1. The summed E-state index contributed by atoms with van der Waals surface area (Å²) in [5.74, 6) is -0.0305. The average molecular weight is 318 g/mol. The van der Waals surface area contributed by atoms with Crippen LogP contribution < -0.4 is 0 Å². The van der Waals surface area contributed by atoms with Crippen LogP contribution in [0.5, 0.6) is 0 Å². The fraction of sp³-hybridized carbons (Fsp3) is 0.125. The van der Waals surface area contributed by atoms with E-state index in [1.807, 2.05) is 18.2 Å². The van der Waals surface area contributed by atoms with E-state index < -0.39 is 0 Å². The first-order chi connectivity index (χ1) is 10.2. The van der Waals surface area contributed by atoms with Crippen LogP contribution >= 0.6 is 23.4 Å². The second-order valence-corrected chi connectivity index (χ2v) is 5.70. The molecule has 2 aromatic carbocycles. The molecule has 106 valence electrons. The van der Waals surface area contributed by atoms with Crippen LogP contribution in [-0.4, -0.2) is 11.7 Å². The Labute approximate surface area is 132 Å². The highest BCUT2D eigenvalue weighted by Gasteiger charge is 2.05. The van der Waals surface area contributed by atoms with E-state index in [4.69, 9.17) is 21.6 Å². The number of hydrogen-bond acceptors (Lipinski definition) is 4. The van der Waals surface area contributed by atoms with Gasteiger partial charge in [0.25, 0.3) is 0 Å². The Kier molecular flexibility index (Phi) is 5.68. The molecule has 0 aromatic heterocycles. The van der Waals surface area contributed by atoms with Crippen molar-refractivity contribution in [3.05, 3.63) is 64.7 Å². The molecule has 0 aliphatic rings. The predicted octanol–water partition coefficient (Wildman–Crippen LogP) is 4.05. The lowest BCUT2D eigenvalue weighted by molar-refractivity contribution is -0.141. The van der Waals surface area contributed by atoms with Crippen molar-refractivity contribution in [1.29, 1.82) is 5.26 Å². The first kappa shape index (κ1) is 15.4. The van der Waals surface area contributed by atoms with Gasteiger partial charge in [-0.2, -0.15) is 5.26 Å². The lowest BCUT2D eigenvalue weighted by Crippen LogP contribution is -2.07. The van der Waals surface area contributed by atoms with Gasteiger partial charge in [0.15, 0.2) is 0 Å². The molecule has 0 amide bonds. The van der Waals surface area contributed by atoms with E-state index in [9.17, 15) is 4.79 Å². The van der Waals surface area contributed by atoms with Crippen molar-refractivity contribution in [2.45, 2.75) is 11.5 Å². The van der Waals surface area contributed by atoms with Crippen LogP contribution in [-0.2, 0) is 16.1 Å². The van der Waals surface area contributed by atoms with Gasteiger partial charge in [-0.05, 0) is 42.0 Å². The van der Waals surface area contributed by atoms with Gasteiger partial charge in [-0.15, -0.1) is 11.8 Å².